The van der Waals surface area contributed by atoms with Crippen molar-refractivity contribution in [2.75, 3.05) is 17.6 Å². The van der Waals surface area contributed by atoms with Crippen LogP contribution >= 0.6 is 0 Å². The Morgan fingerprint density at radius 1 is 1.44 bits per heavy atom. The van der Waals surface area contributed by atoms with Crippen molar-refractivity contribution in [1.29, 1.82) is 0 Å². The van der Waals surface area contributed by atoms with E-state index in [1.807, 2.05) is 31.3 Å². The van der Waals surface area contributed by atoms with Gasteiger partial charge >= 0.3 is 0 Å². The second kappa shape index (κ2) is 4.65. The number of rotatable bonds is 4. The van der Waals surface area contributed by atoms with Gasteiger partial charge in [-0.2, -0.15) is 0 Å². The van der Waals surface area contributed by atoms with Crippen LogP contribution in [0.1, 0.15) is 5.56 Å². The first kappa shape index (κ1) is 10.5. The monoisotopic (exact) mass is 217 g/mol. The van der Waals surface area contributed by atoms with Crippen LogP contribution in [0.25, 0.3) is 0 Å². The van der Waals surface area contributed by atoms with Crippen LogP contribution in [0.3, 0.4) is 0 Å². The Bertz CT molecular complexity index is 449. The van der Waals surface area contributed by atoms with Crippen molar-refractivity contribution in [2.24, 2.45) is 0 Å². The third-order valence-electron chi connectivity index (χ3n) is 2.38. The second-order valence-corrected chi connectivity index (χ2v) is 3.67. The number of aromatic nitrogens is 3. The van der Waals surface area contributed by atoms with Gasteiger partial charge in [-0.25, -0.2) is 0 Å². The van der Waals surface area contributed by atoms with Crippen molar-refractivity contribution in [2.45, 2.75) is 13.5 Å². The third kappa shape index (κ3) is 2.50. The summed E-state index contributed by atoms with van der Waals surface area (Å²) in [5.41, 5.74) is 8.73. The predicted molar refractivity (Wildman–Crippen MR) is 64.1 cm³/mol. The summed E-state index contributed by atoms with van der Waals surface area (Å²) in [6.07, 6.45) is 3.52. The van der Waals surface area contributed by atoms with Crippen molar-refractivity contribution in [3.63, 3.8) is 0 Å². The third-order valence-corrected chi connectivity index (χ3v) is 2.38. The van der Waals surface area contributed by atoms with Gasteiger partial charge in [-0.15, -0.1) is 5.10 Å². The lowest BCUT2D eigenvalue weighted by molar-refractivity contribution is 0.609. The van der Waals surface area contributed by atoms with E-state index in [4.69, 9.17) is 5.73 Å². The number of nitrogen functional groups attached to an aromatic ring is 1. The predicted octanol–water partition coefficient (Wildman–Crippen LogP) is 1.28. The summed E-state index contributed by atoms with van der Waals surface area (Å²) in [5.74, 6) is 0. The number of nitrogens with zero attached hydrogens (tertiary/aromatic N) is 3. The highest BCUT2D eigenvalue weighted by Gasteiger charge is 1.98. The molecule has 0 atom stereocenters. The summed E-state index contributed by atoms with van der Waals surface area (Å²) in [5, 5.41) is 11.0. The zero-order chi connectivity index (χ0) is 11.4. The molecule has 0 bridgehead atoms. The van der Waals surface area contributed by atoms with Gasteiger partial charge in [0.15, 0.2) is 0 Å². The first-order valence-corrected chi connectivity index (χ1v) is 5.20. The molecule has 0 unspecified atom stereocenters. The van der Waals surface area contributed by atoms with Crippen molar-refractivity contribution < 1.29 is 0 Å². The molecule has 5 nitrogen and oxygen atoms in total. The van der Waals surface area contributed by atoms with E-state index >= 15 is 0 Å². The summed E-state index contributed by atoms with van der Waals surface area (Å²) >= 11 is 0. The summed E-state index contributed by atoms with van der Waals surface area (Å²) in [4.78, 5) is 0. The number of benzene rings is 1. The van der Waals surface area contributed by atoms with Gasteiger partial charge < -0.3 is 11.1 Å². The molecule has 0 saturated carbocycles. The van der Waals surface area contributed by atoms with Gasteiger partial charge in [0.25, 0.3) is 0 Å². The second-order valence-electron chi connectivity index (χ2n) is 3.67. The van der Waals surface area contributed by atoms with E-state index in [0.717, 1.165) is 30.0 Å². The van der Waals surface area contributed by atoms with Gasteiger partial charge in [0.1, 0.15) is 0 Å². The van der Waals surface area contributed by atoms with Crippen LogP contribution in [0.5, 0.6) is 0 Å². The van der Waals surface area contributed by atoms with Crippen LogP contribution in [0.4, 0.5) is 11.4 Å². The van der Waals surface area contributed by atoms with Crippen molar-refractivity contribution >= 4 is 11.4 Å². The Morgan fingerprint density at radius 2 is 2.31 bits per heavy atom. The zero-order valence-electron chi connectivity index (χ0n) is 9.22. The maximum Gasteiger partial charge on any atom is 0.0692 e. The molecule has 1 aromatic carbocycles. The quantitative estimate of drug-likeness (QED) is 0.757. The summed E-state index contributed by atoms with van der Waals surface area (Å²) in [6.45, 7) is 3.64. The van der Waals surface area contributed by atoms with Crippen LogP contribution in [-0.2, 0) is 6.54 Å². The van der Waals surface area contributed by atoms with Crippen LogP contribution < -0.4 is 11.1 Å². The summed E-state index contributed by atoms with van der Waals surface area (Å²) in [7, 11) is 0. The minimum Gasteiger partial charge on any atom is -0.399 e. The van der Waals surface area contributed by atoms with Gasteiger partial charge in [0.05, 0.1) is 12.7 Å². The van der Waals surface area contributed by atoms with Crippen molar-refractivity contribution in [3.8, 4) is 0 Å². The first-order valence-electron chi connectivity index (χ1n) is 5.20. The molecule has 84 valence electrons. The average molecular weight is 217 g/mol. The molecule has 2 rings (SSSR count). The molecule has 5 heteroatoms. The van der Waals surface area contributed by atoms with Gasteiger partial charge in [-0.3, -0.25) is 4.68 Å². The summed E-state index contributed by atoms with van der Waals surface area (Å²) < 4.78 is 1.79. The van der Waals surface area contributed by atoms with Gasteiger partial charge in [-0.05, 0) is 30.7 Å². The number of nitrogens with two attached hydrogens (primary N) is 1. The highest BCUT2D eigenvalue weighted by Crippen LogP contribution is 2.17. The van der Waals surface area contributed by atoms with Crippen LogP contribution in [0.2, 0.25) is 0 Å². The van der Waals surface area contributed by atoms with Gasteiger partial charge in [0.2, 0.25) is 0 Å². The van der Waals surface area contributed by atoms with Crippen molar-refractivity contribution in [1.82, 2.24) is 15.0 Å². The lowest BCUT2D eigenvalue weighted by atomic mass is 10.2. The molecule has 16 heavy (non-hydrogen) atoms. The fraction of sp³-hybridized carbons (Fsp3) is 0.273. The van der Waals surface area contributed by atoms with Crippen LogP contribution in [0, 0.1) is 6.92 Å². The SMILES string of the molecule is Cc1cc(N)ccc1NCCn1ccnn1. The first-order chi connectivity index (χ1) is 7.75. The average Bonchev–Trinajstić information content (AvgIpc) is 2.74. The van der Waals surface area contributed by atoms with Gasteiger partial charge in [0, 0.05) is 24.1 Å². The van der Waals surface area contributed by atoms with Crippen LogP contribution in [0.15, 0.2) is 30.6 Å². The smallest absolute Gasteiger partial charge is 0.0692 e. The molecule has 0 saturated heterocycles. The minimum atomic E-state index is 0.791. The molecule has 1 heterocycles. The standard InChI is InChI=1S/C11H15N5/c1-9-8-10(12)2-3-11(9)13-4-6-16-7-5-14-15-16/h2-3,5,7-8,13H,4,6,12H2,1H3. The van der Waals surface area contributed by atoms with E-state index in [-0.39, 0.29) is 0 Å². The lowest BCUT2D eigenvalue weighted by Crippen LogP contribution is -2.11. The molecule has 1 aromatic heterocycles. The molecule has 0 radical (unpaired) electrons. The molecule has 0 aliphatic heterocycles. The Balaban J connectivity index is 1.90. The molecule has 2 aromatic rings. The lowest BCUT2D eigenvalue weighted by Gasteiger charge is -2.09. The normalized spacial score (nSPS) is 10.3. The molecule has 0 amide bonds. The van der Waals surface area contributed by atoms with E-state index in [1.54, 1.807) is 10.9 Å². The molecule has 0 aliphatic rings. The number of anilines is 2. The molecular weight excluding hydrogens is 202 g/mol. The molecule has 0 spiro atoms. The van der Waals surface area contributed by atoms with E-state index in [2.05, 4.69) is 15.6 Å². The number of hydrogen-bond acceptors (Lipinski definition) is 4. The Labute approximate surface area is 94.3 Å². The number of nitrogens with one attached hydrogen (secondary N) is 1. The Kier molecular flexibility index (Phi) is 3.05. The van der Waals surface area contributed by atoms with Crippen molar-refractivity contribution in [3.05, 3.63) is 36.2 Å². The van der Waals surface area contributed by atoms with E-state index < -0.39 is 0 Å². The highest BCUT2D eigenvalue weighted by molar-refractivity contribution is 5.57. The fourth-order valence-electron chi connectivity index (χ4n) is 1.54. The zero-order valence-corrected chi connectivity index (χ0v) is 9.22. The maximum absolute atomic E-state index is 5.68. The number of aryl methyl sites for hydroxylation is 1. The molecule has 0 aliphatic carbocycles. The fourth-order valence-corrected chi connectivity index (χ4v) is 1.54. The Hall–Kier alpha value is -2.04. The van der Waals surface area contributed by atoms with E-state index in [9.17, 15) is 0 Å². The Morgan fingerprint density at radius 3 is 3.00 bits per heavy atom. The highest BCUT2D eigenvalue weighted by atomic mass is 15.4. The topological polar surface area (TPSA) is 68.8 Å². The minimum absolute atomic E-state index is 0.791. The molecular formula is C11H15N5. The molecule has 3 N–H and O–H groups in total. The molecule has 0 fully saturated rings. The van der Waals surface area contributed by atoms with E-state index in [0.29, 0.717) is 0 Å². The van der Waals surface area contributed by atoms with Gasteiger partial charge in [-0.1, -0.05) is 5.21 Å². The van der Waals surface area contributed by atoms with E-state index in [1.165, 1.54) is 0 Å². The largest absolute Gasteiger partial charge is 0.399 e. The number of hydrogen-bond donors (Lipinski definition) is 2. The maximum atomic E-state index is 5.68. The van der Waals surface area contributed by atoms with Crippen LogP contribution in [-0.4, -0.2) is 21.5 Å². The summed E-state index contributed by atoms with van der Waals surface area (Å²) in [6, 6.07) is 5.84.